The number of carbonyl (C=O) groups excluding carboxylic acids is 1. The first-order chi connectivity index (χ1) is 6.33. The van der Waals surface area contributed by atoms with Crippen LogP contribution in [0.4, 0.5) is 0 Å². The molecule has 0 amide bonds. The monoisotopic (exact) mass is 198 g/mol. The molecule has 0 aliphatic heterocycles. The summed E-state index contributed by atoms with van der Waals surface area (Å²) in [6.07, 6.45) is 4.18. The van der Waals surface area contributed by atoms with Crippen molar-refractivity contribution in [2.75, 3.05) is 0 Å². The third-order valence-electron chi connectivity index (χ3n) is 1.41. The molecule has 0 bridgehead atoms. The zero-order valence-electron chi connectivity index (χ0n) is 9.14. The average molecular weight is 198 g/mol. The van der Waals surface area contributed by atoms with Crippen LogP contribution in [-0.4, -0.2) is 5.97 Å². The number of carbonyl (C=O) groups is 1. The van der Waals surface area contributed by atoms with Crippen molar-refractivity contribution in [3.05, 3.63) is 54.8 Å². The SMILES string of the molecule is C=CC(=O)OC=Cc1ccccc1.[H-].[Na+]. The molecule has 0 N–H and O–H groups in total. The van der Waals surface area contributed by atoms with Gasteiger partial charge in [-0.1, -0.05) is 36.9 Å². The molecule has 1 rings (SSSR count). The maximum absolute atomic E-state index is 10.6. The molecule has 0 heterocycles. The minimum atomic E-state index is -0.452. The van der Waals surface area contributed by atoms with Gasteiger partial charge >= 0.3 is 35.5 Å². The van der Waals surface area contributed by atoms with Gasteiger partial charge in [-0.2, -0.15) is 0 Å². The van der Waals surface area contributed by atoms with Crippen molar-refractivity contribution in [3.8, 4) is 0 Å². The van der Waals surface area contributed by atoms with Crippen LogP contribution in [0.25, 0.3) is 6.08 Å². The molecule has 0 unspecified atom stereocenters. The molecule has 0 aliphatic rings. The number of hydrogen-bond donors (Lipinski definition) is 0. The van der Waals surface area contributed by atoms with E-state index in [4.69, 9.17) is 0 Å². The van der Waals surface area contributed by atoms with Crippen molar-refractivity contribution in [1.29, 1.82) is 0 Å². The van der Waals surface area contributed by atoms with Gasteiger partial charge < -0.3 is 6.16 Å². The van der Waals surface area contributed by atoms with Crippen LogP contribution in [0.2, 0.25) is 0 Å². The smallest absolute Gasteiger partial charge is 1.00 e. The molecule has 0 spiro atoms. The fraction of sp³-hybridized carbons (Fsp3) is 0. The summed E-state index contributed by atoms with van der Waals surface area (Å²) in [6.45, 7) is 3.28. The molecule has 1 aromatic carbocycles. The normalized spacial score (nSPS) is 9.14. The summed E-state index contributed by atoms with van der Waals surface area (Å²) in [7, 11) is 0. The van der Waals surface area contributed by atoms with Crippen LogP contribution in [0.3, 0.4) is 0 Å². The predicted octanol–water partition coefficient (Wildman–Crippen LogP) is -0.497. The zero-order chi connectivity index (χ0) is 9.52. The molecule has 68 valence electrons. The molecule has 0 atom stereocenters. The molecule has 0 saturated carbocycles. The van der Waals surface area contributed by atoms with Crippen molar-refractivity contribution < 1.29 is 40.5 Å². The Bertz CT molecular complexity index is 323. The van der Waals surface area contributed by atoms with Crippen molar-refractivity contribution >= 4 is 12.0 Å². The van der Waals surface area contributed by atoms with Gasteiger partial charge in [-0.3, -0.25) is 0 Å². The fourth-order valence-corrected chi connectivity index (χ4v) is 0.792. The summed E-state index contributed by atoms with van der Waals surface area (Å²) in [5.74, 6) is -0.452. The van der Waals surface area contributed by atoms with Crippen LogP contribution in [0.15, 0.2) is 49.2 Å². The number of benzene rings is 1. The van der Waals surface area contributed by atoms with Gasteiger partial charge in [0.15, 0.2) is 0 Å². The van der Waals surface area contributed by atoms with Gasteiger partial charge in [-0.05, 0) is 11.6 Å². The second-order valence-corrected chi connectivity index (χ2v) is 2.35. The Hall–Kier alpha value is -0.830. The molecule has 3 heteroatoms. The Morgan fingerprint density at radius 1 is 1.36 bits per heavy atom. The van der Waals surface area contributed by atoms with E-state index in [1.807, 2.05) is 30.3 Å². The first-order valence-electron chi connectivity index (χ1n) is 3.87. The number of hydrogen-bond acceptors (Lipinski definition) is 2. The first-order valence-corrected chi connectivity index (χ1v) is 3.87. The van der Waals surface area contributed by atoms with Gasteiger partial charge in [-0.25, -0.2) is 4.79 Å². The second kappa shape index (κ2) is 7.56. The Kier molecular flexibility index (Phi) is 7.11. The van der Waals surface area contributed by atoms with E-state index in [-0.39, 0.29) is 31.0 Å². The predicted molar refractivity (Wildman–Crippen MR) is 52.9 cm³/mol. The molecule has 0 aromatic heterocycles. The Balaban J connectivity index is 0. The Morgan fingerprint density at radius 3 is 2.57 bits per heavy atom. The van der Waals surface area contributed by atoms with Crippen LogP contribution in [-0.2, 0) is 9.53 Å². The van der Waals surface area contributed by atoms with E-state index in [9.17, 15) is 4.79 Å². The molecule has 14 heavy (non-hydrogen) atoms. The van der Waals surface area contributed by atoms with Crippen LogP contribution in [0.5, 0.6) is 0 Å². The molecule has 0 aliphatic carbocycles. The molecular weight excluding hydrogens is 187 g/mol. The van der Waals surface area contributed by atoms with E-state index in [1.165, 1.54) is 6.26 Å². The van der Waals surface area contributed by atoms with E-state index in [1.54, 1.807) is 6.08 Å². The first kappa shape index (κ1) is 13.2. The number of ether oxygens (including phenoxy) is 1. The van der Waals surface area contributed by atoms with Crippen LogP contribution < -0.4 is 29.6 Å². The molecular formula is C11H11NaO2. The van der Waals surface area contributed by atoms with Gasteiger partial charge in [0.2, 0.25) is 0 Å². The third-order valence-corrected chi connectivity index (χ3v) is 1.41. The fourth-order valence-electron chi connectivity index (χ4n) is 0.792. The summed E-state index contributed by atoms with van der Waals surface area (Å²) in [4.78, 5) is 10.6. The van der Waals surface area contributed by atoms with Gasteiger partial charge in [0.25, 0.3) is 0 Å². The molecule has 0 fully saturated rings. The minimum Gasteiger partial charge on any atom is -1.00 e. The largest absolute Gasteiger partial charge is 1.00 e. The Morgan fingerprint density at radius 2 is 2.00 bits per heavy atom. The average Bonchev–Trinajstić information content (AvgIpc) is 2.19. The second-order valence-electron chi connectivity index (χ2n) is 2.35. The standard InChI is InChI=1S/C11H10O2.Na.H/c1-2-11(12)13-9-8-10-6-4-3-5-7-10;;/h2-9H,1H2;;/q;+1;-1. The van der Waals surface area contributed by atoms with Crippen LogP contribution >= 0.6 is 0 Å². The Labute approximate surface area is 107 Å². The van der Waals surface area contributed by atoms with E-state index >= 15 is 0 Å². The van der Waals surface area contributed by atoms with Crippen LogP contribution in [0.1, 0.15) is 6.99 Å². The maximum Gasteiger partial charge on any atom is 1.00 e. The van der Waals surface area contributed by atoms with E-state index in [2.05, 4.69) is 11.3 Å². The summed E-state index contributed by atoms with van der Waals surface area (Å²) >= 11 is 0. The van der Waals surface area contributed by atoms with Gasteiger partial charge in [0.05, 0.1) is 6.26 Å². The number of esters is 1. The minimum absolute atomic E-state index is 0. The summed E-state index contributed by atoms with van der Waals surface area (Å²) in [6, 6.07) is 9.58. The summed E-state index contributed by atoms with van der Waals surface area (Å²) in [5.41, 5.74) is 0.986. The van der Waals surface area contributed by atoms with E-state index in [0.717, 1.165) is 11.6 Å². The molecule has 0 saturated heterocycles. The quantitative estimate of drug-likeness (QED) is 0.283. The van der Waals surface area contributed by atoms with Crippen LogP contribution in [0, 0.1) is 0 Å². The van der Waals surface area contributed by atoms with Crippen molar-refractivity contribution in [2.24, 2.45) is 0 Å². The topological polar surface area (TPSA) is 26.3 Å². The van der Waals surface area contributed by atoms with Crippen molar-refractivity contribution in [1.82, 2.24) is 0 Å². The van der Waals surface area contributed by atoms with Crippen molar-refractivity contribution in [2.45, 2.75) is 0 Å². The molecule has 1 aromatic rings. The van der Waals surface area contributed by atoms with E-state index in [0.29, 0.717) is 0 Å². The maximum atomic E-state index is 10.6. The third kappa shape index (κ3) is 5.02. The summed E-state index contributed by atoms with van der Waals surface area (Å²) < 4.78 is 4.66. The number of rotatable bonds is 3. The summed E-state index contributed by atoms with van der Waals surface area (Å²) in [5, 5.41) is 0. The van der Waals surface area contributed by atoms with Gasteiger partial charge in [-0.15, -0.1) is 0 Å². The van der Waals surface area contributed by atoms with E-state index < -0.39 is 5.97 Å². The van der Waals surface area contributed by atoms with Gasteiger partial charge in [0, 0.05) is 6.08 Å². The molecule has 0 radical (unpaired) electrons. The molecule has 2 nitrogen and oxygen atoms in total. The van der Waals surface area contributed by atoms with Crippen molar-refractivity contribution in [3.63, 3.8) is 0 Å². The zero-order valence-corrected chi connectivity index (χ0v) is 10.1. The van der Waals surface area contributed by atoms with Gasteiger partial charge in [0.1, 0.15) is 0 Å².